The molecule has 4 heteroatoms. The summed E-state index contributed by atoms with van der Waals surface area (Å²) in [6, 6.07) is 1.80. The minimum atomic E-state index is 0.758. The number of fused-ring (bicyclic) bond motifs is 1. The van der Waals surface area contributed by atoms with E-state index in [1.165, 1.54) is 0 Å². The number of nitrogens with one attached hydrogen (secondary N) is 1. The van der Waals surface area contributed by atoms with Crippen LogP contribution in [0.2, 0.25) is 5.02 Å². The lowest BCUT2D eigenvalue weighted by Crippen LogP contribution is -1.75. The van der Waals surface area contributed by atoms with Crippen molar-refractivity contribution in [2.24, 2.45) is 0 Å². The Morgan fingerprint density at radius 1 is 1.58 bits per heavy atom. The number of H-pyrrole nitrogens is 1. The van der Waals surface area contributed by atoms with Gasteiger partial charge in [0, 0.05) is 15.5 Å². The van der Waals surface area contributed by atoms with Gasteiger partial charge in [0.15, 0.2) is 0 Å². The third-order valence-corrected chi connectivity index (χ3v) is 3.42. The number of aromatic nitrogens is 2. The average molecular weight is 293 g/mol. The van der Waals surface area contributed by atoms with Crippen molar-refractivity contribution < 1.29 is 0 Å². The Bertz CT molecular complexity index is 436. The Morgan fingerprint density at radius 3 is 3.00 bits per heavy atom. The van der Waals surface area contributed by atoms with E-state index in [1.807, 2.05) is 6.92 Å². The third-order valence-electron chi connectivity index (χ3n) is 1.75. The molecule has 0 aliphatic rings. The van der Waals surface area contributed by atoms with Gasteiger partial charge in [-0.25, -0.2) is 4.98 Å². The van der Waals surface area contributed by atoms with Gasteiger partial charge in [-0.1, -0.05) is 11.6 Å². The van der Waals surface area contributed by atoms with Crippen LogP contribution in [0.3, 0.4) is 0 Å². The van der Waals surface area contributed by atoms with Gasteiger partial charge in [0.2, 0.25) is 0 Å². The summed E-state index contributed by atoms with van der Waals surface area (Å²) < 4.78 is 1.15. The first-order chi connectivity index (χ1) is 5.70. The Labute approximate surface area is 88.5 Å². The maximum absolute atomic E-state index is 6.01. The van der Waals surface area contributed by atoms with Crippen LogP contribution in [-0.2, 0) is 0 Å². The van der Waals surface area contributed by atoms with Gasteiger partial charge in [-0.05, 0) is 35.6 Å². The number of aryl methyl sites for hydroxylation is 1. The first-order valence-corrected chi connectivity index (χ1v) is 4.94. The van der Waals surface area contributed by atoms with E-state index in [2.05, 4.69) is 32.6 Å². The van der Waals surface area contributed by atoms with Crippen LogP contribution >= 0.6 is 34.2 Å². The molecule has 0 fully saturated rings. The van der Waals surface area contributed by atoms with Gasteiger partial charge >= 0.3 is 0 Å². The fourth-order valence-electron chi connectivity index (χ4n) is 1.16. The zero-order valence-corrected chi connectivity index (χ0v) is 9.27. The van der Waals surface area contributed by atoms with E-state index in [-0.39, 0.29) is 0 Å². The van der Waals surface area contributed by atoms with Crippen molar-refractivity contribution in [3.05, 3.63) is 26.5 Å². The van der Waals surface area contributed by atoms with Crippen molar-refractivity contribution in [3.63, 3.8) is 0 Å². The first kappa shape index (κ1) is 8.31. The first-order valence-electron chi connectivity index (χ1n) is 3.48. The van der Waals surface area contributed by atoms with Crippen molar-refractivity contribution in [1.29, 1.82) is 0 Å². The summed E-state index contributed by atoms with van der Waals surface area (Å²) in [5.74, 6) is 0. The summed E-state index contributed by atoms with van der Waals surface area (Å²) >= 11 is 8.28. The van der Waals surface area contributed by atoms with Gasteiger partial charge in [-0.15, -0.1) is 0 Å². The van der Waals surface area contributed by atoms with Crippen molar-refractivity contribution >= 4 is 45.2 Å². The molecule has 2 heterocycles. The van der Waals surface area contributed by atoms with Crippen molar-refractivity contribution in [1.82, 2.24) is 9.97 Å². The lowest BCUT2D eigenvalue weighted by molar-refractivity contribution is 1.24. The average Bonchev–Trinajstić information content (AvgIpc) is 2.29. The molecule has 0 amide bonds. The zero-order chi connectivity index (χ0) is 8.72. The highest BCUT2D eigenvalue weighted by Gasteiger charge is 2.08. The molecule has 2 nitrogen and oxygen atoms in total. The van der Waals surface area contributed by atoms with E-state index in [4.69, 9.17) is 11.6 Å². The second-order valence-corrected chi connectivity index (χ2v) is 4.07. The van der Waals surface area contributed by atoms with Crippen molar-refractivity contribution in [3.8, 4) is 0 Å². The number of pyridine rings is 1. The molecule has 12 heavy (non-hydrogen) atoms. The Morgan fingerprint density at radius 2 is 2.33 bits per heavy atom. The molecular weight excluding hydrogens is 286 g/mol. The van der Waals surface area contributed by atoms with Crippen molar-refractivity contribution in [2.45, 2.75) is 6.92 Å². The Hall–Kier alpha value is -0.290. The number of aromatic amines is 1. The molecule has 0 aliphatic carbocycles. The minimum Gasteiger partial charge on any atom is -0.342 e. The Kier molecular flexibility index (Phi) is 2.00. The molecule has 0 saturated carbocycles. The zero-order valence-electron chi connectivity index (χ0n) is 6.36. The molecule has 0 bridgehead atoms. The van der Waals surface area contributed by atoms with E-state index < -0.39 is 0 Å². The third kappa shape index (κ3) is 1.11. The fourth-order valence-corrected chi connectivity index (χ4v) is 2.24. The summed E-state index contributed by atoms with van der Waals surface area (Å²) in [6.07, 6.45) is 1.71. The van der Waals surface area contributed by atoms with Crippen LogP contribution in [0.1, 0.15) is 5.69 Å². The smallest absolute Gasteiger partial charge is 0.140 e. The molecule has 2 aromatic heterocycles. The maximum atomic E-state index is 6.01. The van der Waals surface area contributed by atoms with Gasteiger partial charge < -0.3 is 4.98 Å². The molecule has 0 radical (unpaired) electrons. The van der Waals surface area contributed by atoms with Gasteiger partial charge in [0.25, 0.3) is 0 Å². The molecule has 2 aromatic rings. The lowest BCUT2D eigenvalue weighted by Gasteiger charge is -1.91. The van der Waals surface area contributed by atoms with Crippen LogP contribution in [0.4, 0.5) is 0 Å². The molecule has 62 valence electrons. The van der Waals surface area contributed by atoms with Gasteiger partial charge in [-0.2, -0.15) is 0 Å². The molecule has 0 spiro atoms. The van der Waals surface area contributed by atoms with Crippen molar-refractivity contribution in [2.75, 3.05) is 0 Å². The van der Waals surface area contributed by atoms with Gasteiger partial charge in [0.05, 0.1) is 10.4 Å². The van der Waals surface area contributed by atoms with E-state index in [9.17, 15) is 0 Å². The summed E-state index contributed by atoms with van der Waals surface area (Å²) in [7, 11) is 0. The quantitative estimate of drug-likeness (QED) is 0.743. The van der Waals surface area contributed by atoms with Crippen LogP contribution in [-0.4, -0.2) is 9.97 Å². The lowest BCUT2D eigenvalue weighted by atomic mass is 10.3. The molecule has 0 aliphatic heterocycles. The molecule has 1 N–H and O–H groups in total. The van der Waals surface area contributed by atoms with E-state index in [0.29, 0.717) is 0 Å². The SMILES string of the molecule is Cc1[nH]c2nccc(Cl)c2c1I. The highest BCUT2D eigenvalue weighted by atomic mass is 127. The van der Waals surface area contributed by atoms with Gasteiger partial charge in [0.1, 0.15) is 5.65 Å². The molecular formula is C8H6ClIN2. The second kappa shape index (κ2) is 2.88. The number of nitrogens with zero attached hydrogens (tertiary/aromatic N) is 1. The number of hydrogen-bond donors (Lipinski definition) is 1. The van der Waals surface area contributed by atoms with Crippen LogP contribution in [0.25, 0.3) is 11.0 Å². The predicted molar refractivity (Wildman–Crippen MR) is 58.6 cm³/mol. The van der Waals surface area contributed by atoms with Gasteiger partial charge in [-0.3, -0.25) is 0 Å². The summed E-state index contributed by atoms with van der Waals surface area (Å²) in [5.41, 5.74) is 1.98. The monoisotopic (exact) mass is 292 g/mol. The summed E-state index contributed by atoms with van der Waals surface area (Å²) in [4.78, 5) is 7.34. The topological polar surface area (TPSA) is 28.7 Å². The van der Waals surface area contributed by atoms with Crippen LogP contribution in [0.5, 0.6) is 0 Å². The largest absolute Gasteiger partial charge is 0.342 e. The van der Waals surface area contributed by atoms with E-state index in [0.717, 1.165) is 25.3 Å². The van der Waals surface area contributed by atoms with Crippen LogP contribution in [0.15, 0.2) is 12.3 Å². The number of hydrogen-bond acceptors (Lipinski definition) is 1. The fraction of sp³-hybridized carbons (Fsp3) is 0.125. The number of halogens is 2. The minimum absolute atomic E-state index is 0.758. The standard InChI is InChI=1S/C8H6ClIN2/c1-4-7(10)6-5(9)2-3-11-8(6)12-4/h2-3H,1H3,(H,11,12). The second-order valence-electron chi connectivity index (χ2n) is 2.58. The molecule has 0 saturated heterocycles. The van der Waals surface area contributed by atoms with E-state index in [1.54, 1.807) is 12.3 Å². The molecule has 0 atom stereocenters. The van der Waals surface area contributed by atoms with Crippen LogP contribution < -0.4 is 0 Å². The molecule has 0 unspecified atom stereocenters. The molecule has 2 rings (SSSR count). The maximum Gasteiger partial charge on any atom is 0.140 e. The normalized spacial score (nSPS) is 10.9. The Balaban J connectivity index is 2.97. The van der Waals surface area contributed by atoms with Crippen LogP contribution in [0, 0.1) is 10.5 Å². The molecule has 0 aromatic carbocycles. The number of rotatable bonds is 0. The summed E-state index contributed by atoms with van der Waals surface area (Å²) in [6.45, 7) is 2.01. The predicted octanol–water partition coefficient (Wildman–Crippen LogP) is 3.13. The van der Waals surface area contributed by atoms with E-state index >= 15 is 0 Å². The highest BCUT2D eigenvalue weighted by Crippen LogP contribution is 2.28. The summed E-state index contributed by atoms with van der Waals surface area (Å²) in [5, 5.41) is 1.78. The highest BCUT2D eigenvalue weighted by molar-refractivity contribution is 14.1.